The highest BCUT2D eigenvalue weighted by atomic mass is 16.5. The Kier molecular flexibility index (Phi) is 5.01. The van der Waals surface area contributed by atoms with Gasteiger partial charge in [-0.2, -0.15) is 5.26 Å². The van der Waals surface area contributed by atoms with Crippen molar-refractivity contribution in [3.8, 4) is 6.07 Å². The minimum absolute atomic E-state index is 0.0599. The molecule has 0 saturated carbocycles. The predicted octanol–water partition coefficient (Wildman–Crippen LogP) is 2.84. The van der Waals surface area contributed by atoms with Crippen molar-refractivity contribution in [2.24, 2.45) is 0 Å². The van der Waals surface area contributed by atoms with Crippen LogP contribution in [-0.4, -0.2) is 44.6 Å². The summed E-state index contributed by atoms with van der Waals surface area (Å²) in [4.78, 5) is 16.6. The highest BCUT2D eigenvalue weighted by Crippen LogP contribution is 2.25. The first kappa shape index (κ1) is 17.0. The highest BCUT2D eigenvalue weighted by Gasteiger charge is 2.26. The fourth-order valence-corrected chi connectivity index (χ4v) is 2.93. The lowest BCUT2D eigenvalue weighted by molar-refractivity contribution is -0.0228. The van der Waals surface area contributed by atoms with Gasteiger partial charge in [-0.05, 0) is 35.9 Å². The second kappa shape index (κ2) is 7.37. The van der Waals surface area contributed by atoms with Crippen molar-refractivity contribution in [1.82, 2.24) is 4.90 Å². The minimum Gasteiger partial charge on any atom is -0.378 e. The van der Waals surface area contributed by atoms with Crippen molar-refractivity contribution < 1.29 is 9.53 Å². The molecule has 1 atom stereocenters. The Morgan fingerprint density at radius 3 is 2.68 bits per heavy atom. The van der Waals surface area contributed by atoms with E-state index in [1.54, 1.807) is 29.2 Å². The lowest BCUT2D eigenvalue weighted by Crippen LogP contribution is -2.42. The molecule has 1 aliphatic heterocycles. The van der Waals surface area contributed by atoms with Crippen LogP contribution < -0.4 is 4.90 Å². The largest absolute Gasteiger partial charge is 0.378 e. The summed E-state index contributed by atoms with van der Waals surface area (Å²) in [5.41, 5.74) is 3.23. The third-order valence-electron chi connectivity index (χ3n) is 4.37. The van der Waals surface area contributed by atoms with Gasteiger partial charge in [-0.25, -0.2) is 0 Å². The molecule has 1 heterocycles. The molecule has 0 aromatic heterocycles. The molecule has 3 rings (SSSR count). The molecule has 2 aromatic rings. The van der Waals surface area contributed by atoms with Gasteiger partial charge in [0.1, 0.15) is 6.10 Å². The topological polar surface area (TPSA) is 56.6 Å². The number of benzene rings is 2. The fraction of sp³-hybridized carbons (Fsp3) is 0.300. The van der Waals surface area contributed by atoms with Crippen molar-refractivity contribution in [2.75, 3.05) is 38.7 Å². The molecule has 5 heteroatoms. The Morgan fingerprint density at radius 1 is 1.24 bits per heavy atom. The van der Waals surface area contributed by atoms with E-state index in [-0.39, 0.29) is 12.0 Å². The molecule has 1 saturated heterocycles. The number of morpholine rings is 1. The van der Waals surface area contributed by atoms with Crippen LogP contribution in [0.15, 0.2) is 48.5 Å². The zero-order chi connectivity index (χ0) is 17.8. The van der Waals surface area contributed by atoms with E-state index in [2.05, 4.69) is 18.2 Å². The first-order valence-corrected chi connectivity index (χ1v) is 8.27. The summed E-state index contributed by atoms with van der Waals surface area (Å²) in [5, 5.41) is 9.01. The zero-order valence-electron chi connectivity index (χ0n) is 14.5. The summed E-state index contributed by atoms with van der Waals surface area (Å²) >= 11 is 0. The Morgan fingerprint density at radius 2 is 2.00 bits per heavy atom. The van der Waals surface area contributed by atoms with Gasteiger partial charge in [-0.1, -0.05) is 18.2 Å². The van der Waals surface area contributed by atoms with Gasteiger partial charge in [-0.3, -0.25) is 4.79 Å². The van der Waals surface area contributed by atoms with Crippen LogP contribution in [0, 0.1) is 11.3 Å². The first-order valence-electron chi connectivity index (χ1n) is 8.27. The molecule has 5 nitrogen and oxygen atoms in total. The van der Waals surface area contributed by atoms with Gasteiger partial charge in [0.15, 0.2) is 0 Å². The molecule has 0 bridgehead atoms. The van der Waals surface area contributed by atoms with Crippen LogP contribution in [0.2, 0.25) is 0 Å². The normalized spacial score (nSPS) is 17.0. The van der Waals surface area contributed by atoms with Crippen molar-refractivity contribution in [2.45, 2.75) is 6.10 Å². The third kappa shape index (κ3) is 3.81. The van der Waals surface area contributed by atoms with Crippen LogP contribution in [0.25, 0.3) is 0 Å². The maximum atomic E-state index is 12.7. The van der Waals surface area contributed by atoms with Crippen molar-refractivity contribution >= 4 is 11.6 Å². The highest BCUT2D eigenvalue weighted by molar-refractivity contribution is 5.94. The maximum absolute atomic E-state index is 12.7. The Labute approximate surface area is 148 Å². The monoisotopic (exact) mass is 335 g/mol. The maximum Gasteiger partial charge on any atom is 0.254 e. The predicted molar refractivity (Wildman–Crippen MR) is 96.5 cm³/mol. The summed E-state index contributed by atoms with van der Waals surface area (Å²) in [7, 11) is 4.00. The van der Waals surface area contributed by atoms with Crippen molar-refractivity contribution in [3.05, 3.63) is 65.2 Å². The number of carbonyl (C=O) groups is 1. The minimum atomic E-state index is -0.131. The van der Waals surface area contributed by atoms with Crippen LogP contribution >= 0.6 is 0 Å². The summed E-state index contributed by atoms with van der Waals surface area (Å²) < 4.78 is 5.87. The summed E-state index contributed by atoms with van der Waals surface area (Å²) in [6.07, 6.45) is -0.131. The summed E-state index contributed by atoms with van der Waals surface area (Å²) in [5.74, 6) is -0.0599. The second-order valence-electron chi connectivity index (χ2n) is 6.29. The number of anilines is 1. The van der Waals surface area contributed by atoms with E-state index >= 15 is 0 Å². The Balaban J connectivity index is 1.74. The molecule has 0 radical (unpaired) electrons. The van der Waals surface area contributed by atoms with Crippen LogP contribution in [0.5, 0.6) is 0 Å². The Bertz CT molecular complexity index is 793. The van der Waals surface area contributed by atoms with E-state index in [4.69, 9.17) is 10.00 Å². The van der Waals surface area contributed by atoms with E-state index in [0.29, 0.717) is 30.8 Å². The van der Waals surface area contributed by atoms with Gasteiger partial charge in [-0.15, -0.1) is 0 Å². The number of hydrogen-bond donors (Lipinski definition) is 0. The average Bonchev–Trinajstić information content (AvgIpc) is 2.67. The van der Waals surface area contributed by atoms with E-state index in [1.807, 2.05) is 31.1 Å². The molecule has 0 aliphatic carbocycles. The molecule has 1 fully saturated rings. The molecule has 0 spiro atoms. The third-order valence-corrected chi connectivity index (χ3v) is 4.37. The average molecular weight is 335 g/mol. The number of ether oxygens (including phenoxy) is 1. The molecule has 1 unspecified atom stereocenters. The molecular formula is C20H21N3O2. The smallest absolute Gasteiger partial charge is 0.254 e. The van der Waals surface area contributed by atoms with Crippen molar-refractivity contribution in [1.29, 1.82) is 5.26 Å². The van der Waals surface area contributed by atoms with Gasteiger partial charge in [0.2, 0.25) is 0 Å². The number of carbonyl (C=O) groups excluding carboxylic acids is 1. The quantitative estimate of drug-likeness (QED) is 0.865. The molecule has 128 valence electrons. The van der Waals surface area contributed by atoms with Gasteiger partial charge in [0.25, 0.3) is 5.91 Å². The second-order valence-corrected chi connectivity index (χ2v) is 6.29. The number of rotatable bonds is 3. The standard InChI is InChI=1S/C20H21N3O2/c1-22(2)18-8-6-16(7-9-18)19-14-23(10-11-25-19)20(24)17-5-3-4-15(12-17)13-21/h3-9,12,19H,10-11,14H2,1-2H3. The number of nitrogens with zero attached hydrogens (tertiary/aromatic N) is 3. The van der Waals surface area contributed by atoms with E-state index < -0.39 is 0 Å². The van der Waals surface area contributed by atoms with Crippen LogP contribution in [-0.2, 0) is 4.74 Å². The SMILES string of the molecule is CN(C)c1ccc(C2CN(C(=O)c3cccc(C#N)c3)CCO2)cc1. The van der Waals surface area contributed by atoms with E-state index in [9.17, 15) is 4.79 Å². The van der Waals surface area contributed by atoms with Crippen LogP contribution in [0.1, 0.15) is 27.6 Å². The van der Waals surface area contributed by atoms with Gasteiger partial charge in [0, 0.05) is 31.9 Å². The van der Waals surface area contributed by atoms with Crippen molar-refractivity contribution in [3.63, 3.8) is 0 Å². The number of nitriles is 1. The summed E-state index contributed by atoms with van der Waals surface area (Å²) in [6.45, 7) is 1.57. The van der Waals surface area contributed by atoms with E-state index in [0.717, 1.165) is 11.3 Å². The van der Waals surface area contributed by atoms with Gasteiger partial charge in [0.05, 0.1) is 24.8 Å². The zero-order valence-corrected chi connectivity index (χ0v) is 14.5. The summed E-state index contributed by atoms with van der Waals surface area (Å²) in [6, 6.07) is 17.1. The van der Waals surface area contributed by atoms with Gasteiger partial charge >= 0.3 is 0 Å². The Hall–Kier alpha value is -2.84. The first-order chi connectivity index (χ1) is 12.1. The lowest BCUT2D eigenvalue weighted by Gasteiger charge is -2.33. The molecule has 0 N–H and O–H groups in total. The molecule has 25 heavy (non-hydrogen) atoms. The lowest BCUT2D eigenvalue weighted by atomic mass is 10.1. The molecule has 1 amide bonds. The van der Waals surface area contributed by atoms with Crippen LogP contribution in [0.3, 0.4) is 0 Å². The number of amides is 1. The molecular weight excluding hydrogens is 314 g/mol. The fourth-order valence-electron chi connectivity index (χ4n) is 2.93. The molecule has 1 aliphatic rings. The molecule has 2 aromatic carbocycles. The van der Waals surface area contributed by atoms with Gasteiger partial charge < -0.3 is 14.5 Å². The number of hydrogen-bond acceptors (Lipinski definition) is 4. The van der Waals surface area contributed by atoms with E-state index in [1.165, 1.54) is 0 Å². The van der Waals surface area contributed by atoms with Crippen LogP contribution in [0.4, 0.5) is 5.69 Å².